The summed E-state index contributed by atoms with van der Waals surface area (Å²) in [5.74, 6) is -0.388. The van der Waals surface area contributed by atoms with E-state index in [4.69, 9.17) is 9.47 Å². The smallest absolute Gasteiger partial charge is 0.338 e. The van der Waals surface area contributed by atoms with Crippen molar-refractivity contribution in [1.82, 2.24) is 0 Å². The molecule has 1 aliphatic heterocycles. The first-order valence-corrected chi connectivity index (χ1v) is 6.97. The van der Waals surface area contributed by atoms with E-state index in [9.17, 15) is 9.90 Å². The van der Waals surface area contributed by atoms with E-state index in [2.05, 4.69) is 0 Å². The standard InChI is InChI=1S/C16H22O4/c1-16(2,3)20-15(18)14-13(19-14)12(17)10-9-11-7-5-4-6-8-11/h4-8,12-14,17H,9-10H2,1-3H3/t12-,13+,14-/m1/s1. The molecule has 1 heterocycles. The van der Waals surface area contributed by atoms with Gasteiger partial charge in [-0.05, 0) is 39.2 Å². The summed E-state index contributed by atoms with van der Waals surface area (Å²) in [7, 11) is 0. The zero-order chi connectivity index (χ0) is 14.8. The van der Waals surface area contributed by atoms with Crippen LogP contribution in [0.2, 0.25) is 0 Å². The highest BCUT2D eigenvalue weighted by molar-refractivity contribution is 5.78. The molecule has 1 saturated heterocycles. The molecule has 1 fully saturated rings. The van der Waals surface area contributed by atoms with Gasteiger partial charge in [0.15, 0.2) is 6.10 Å². The maximum Gasteiger partial charge on any atom is 0.338 e. The second-order valence-electron chi connectivity index (χ2n) is 6.15. The number of epoxide rings is 1. The molecule has 0 bridgehead atoms. The molecule has 110 valence electrons. The maximum absolute atomic E-state index is 11.8. The van der Waals surface area contributed by atoms with Crippen molar-refractivity contribution in [2.45, 2.75) is 57.5 Å². The summed E-state index contributed by atoms with van der Waals surface area (Å²) in [6, 6.07) is 9.94. The summed E-state index contributed by atoms with van der Waals surface area (Å²) in [6.07, 6.45) is -0.321. The van der Waals surface area contributed by atoms with Crippen molar-refractivity contribution in [1.29, 1.82) is 0 Å². The monoisotopic (exact) mass is 278 g/mol. The van der Waals surface area contributed by atoms with Crippen LogP contribution in [-0.2, 0) is 20.7 Å². The zero-order valence-corrected chi connectivity index (χ0v) is 12.2. The lowest BCUT2D eigenvalue weighted by Crippen LogP contribution is -2.29. The Hall–Kier alpha value is -1.39. The average Bonchev–Trinajstić information content (AvgIpc) is 3.15. The Morgan fingerprint density at radius 2 is 2.00 bits per heavy atom. The van der Waals surface area contributed by atoms with Gasteiger partial charge in [0.1, 0.15) is 11.7 Å². The Kier molecular flexibility index (Phi) is 4.45. The topological polar surface area (TPSA) is 59.1 Å². The molecule has 4 nitrogen and oxygen atoms in total. The summed E-state index contributed by atoms with van der Waals surface area (Å²) in [5, 5.41) is 10.0. The van der Waals surface area contributed by atoms with E-state index in [0.717, 1.165) is 6.42 Å². The highest BCUT2D eigenvalue weighted by Gasteiger charge is 2.51. The number of hydrogen-bond acceptors (Lipinski definition) is 4. The van der Waals surface area contributed by atoms with Crippen LogP contribution in [0.25, 0.3) is 0 Å². The summed E-state index contributed by atoms with van der Waals surface area (Å²) < 4.78 is 10.5. The van der Waals surface area contributed by atoms with Gasteiger partial charge in [-0.25, -0.2) is 4.79 Å². The van der Waals surface area contributed by atoms with E-state index in [1.807, 2.05) is 51.1 Å². The molecular weight excluding hydrogens is 256 g/mol. The minimum atomic E-state index is -0.632. The second-order valence-corrected chi connectivity index (χ2v) is 6.15. The third kappa shape index (κ3) is 4.32. The van der Waals surface area contributed by atoms with Gasteiger partial charge >= 0.3 is 5.97 Å². The number of esters is 1. The Morgan fingerprint density at radius 1 is 1.35 bits per heavy atom. The number of aryl methyl sites for hydroxylation is 1. The largest absolute Gasteiger partial charge is 0.458 e. The van der Waals surface area contributed by atoms with Gasteiger partial charge in [-0.3, -0.25) is 0 Å². The van der Waals surface area contributed by atoms with Gasteiger partial charge in [0.05, 0.1) is 6.10 Å². The van der Waals surface area contributed by atoms with Gasteiger partial charge in [0.2, 0.25) is 0 Å². The lowest BCUT2D eigenvalue weighted by molar-refractivity contribution is -0.156. The van der Waals surface area contributed by atoms with Gasteiger partial charge in [-0.1, -0.05) is 30.3 Å². The van der Waals surface area contributed by atoms with Crippen LogP contribution in [-0.4, -0.2) is 35.0 Å². The molecule has 2 rings (SSSR count). The van der Waals surface area contributed by atoms with Gasteiger partial charge in [0, 0.05) is 0 Å². The van der Waals surface area contributed by atoms with Crippen molar-refractivity contribution in [2.24, 2.45) is 0 Å². The number of benzene rings is 1. The van der Waals surface area contributed by atoms with Gasteiger partial charge in [-0.2, -0.15) is 0 Å². The number of aliphatic hydroxyl groups is 1. The Morgan fingerprint density at radius 3 is 2.60 bits per heavy atom. The van der Waals surface area contributed by atoms with Crippen LogP contribution < -0.4 is 0 Å². The number of hydrogen-bond donors (Lipinski definition) is 1. The molecule has 0 saturated carbocycles. The van der Waals surface area contributed by atoms with Crippen molar-refractivity contribution in [3.8, 4) is 0 Å². The molecule has 20 heavy (non-hydrogen) atoms. The number of ether oxygens (including phenoxy) is 2. The molecule has 1 aromatic carbocycles. The van der Waals surface area contributed by atoms with E-state index in [1.165, 1.54) is 5.56 Å². The van der Waals surface area contributed by atoms with Crippen LogP contribution in [0.3, 0.4) is 0 Å². The molecule has 0 amide bonds. The molecule has 1 aliphatic rings. The van der Waals surface area contributed by atoms with Crippen LogP contribution in [0, 0.1) is 0 Å². The molecule has 0 radical (unpaired) electrons. The predicted octanol–water partition coefficient (Wildman–Crippen LogP) is 2.09. The van der Waals surface area contributed by atoms with Gasteiger partial charge in [0.25, 0.3) is 0 Å². The summed E-state index contributed by atoms with van der Waals surface area (Å²) in [4.78, 5) is 11.8. The second kappa shape index (κ2) is 5.94. The first-order valence-electron chi connectivity index (χ1n) is 6.97. The van der Waals surface area contributed by atoms with Crippen LogP contribution in [0.4, 0.5) is 0 Å². The number of carbonyl (C=O) groups is 1. The van der Waals surface area contributed by atoms with E-state index < -0.39 is 23.9 Å². The van der Waals surface area contributed by atoms with Gasteiger partial charge in [-0.15, -0.1) is 0 Å². The Bertz CT molecular complexity index is 449. The van der Waals surface area contributed by atoms with E-state index in [1.54, 1.807) is 0 Å². The third-order valence-electron chi connectivity index (χ3n) is 3.12. The molecule has 1 aromatic rings. The van der Waals surface area contributed by atoms with E-state index in [0.29, 0.717) is 6.42 Å². The third-order valence-corrected chi connectivity index (χ3v) is 3.12. The molecule has 0 aliphatic carbocycles. The van der Waals surface area contributed by atoms with Crippen molar-refractivity contribution >= 4 is 5.97 Å². The SMILES string of the molecule is CC(C)(C)OC(=O)[C@@H]1O[C@H]1[C@H](O)CCc1ccccc1. The highest BCUT2D eigenvalue weighted by Crippen LogP contribution is 2.30. The molecule has 0 spiro atoms. The summed E-state index contributed by atoms with van der Waals surface area (Å²) in [6.45, 7) is 5.44. The maximum atomic E-state index is 11.8. The fraction of sp³-hybridized carbons (Fsp3) is 0.562. The van der Waals surface area contributed by atoms with Crippen molar-refractivity contribution < 1.29 is 19.4 Å². The number of carbonyl (C=O) groups excluding carboxylic acids is 1. The predicted molar refractivity (Wildman–Crippen MR) is 75.3 cm³/mol. The lowest BCUT2D eigenvalue weighted by Gasteiger charge is -2.18. The van der Waals surface area contributed by atoms with Crippen LogP contribution in [0.5, 0.6) is 0 Å². The Labute approximate surface area is 119 Å². The number of rotatable bonds is 5. The quantitative estimate of drug-likeness (QED) is 0.662. The highest BCUT2D eigenvalue weighted by atomic mass is 16.7. The molecule has 0 unspecified atom stereocenters. The molecule has 4 heteroatoms. The molecule has 0 aromatic heterocycles. The lowest BCUT2D eigenvalue weighted by atomic mass is 10.0. The van der Waals surface area contributed by atoms with Crippen molar-refractivity contribution in [3.05, 3.63) is 35.9 Å². The van der Waals surface area contributed by atoms with Gasteiger partial charge < -0.3 is 14.6 Å². The fourth-order valence-corrected chi connectivity index (χ4v) is 2.09. The first-order chi connectivity index (χ1) is 9.37. The minimum absolute atomic E-state index is 0.388. The first kappa shape index (κ1) is 15.0. The van der Waals surface area contributed by atoms with Crippen LogP contribution in [0.1, 0.15) is 32.8 Å². The summed E-state index contributed by atoms with van der Waals surface area (Å²) in [5.41, 5.74) is 0.642. The van der Waals surface area contributed by atoms with Crippen LogP contribution >= 0.6 is 0 Å². The van der Waals surface area contributed by atoms with Crippen LogP contribution in [0.15, 0.2) is 30.3 Å². The molecule has 1 N–H and O–H groups in total. The summed E-state index contributed by atoms with van der Waals surface area (Å²) >= 11 is 0. The van der Waals surface area contributed by atoms with Crippen molar-refractivity contribution in [3.63, 3.8) is 0 Å². The molecule has 3 atom stereocenters. The number of aliphatic hydroxyl groups excluding tert-OH is 1. The molecular formula is C16H22O4. The van der Waals surface area contributed by atoms with Crippen molar-refractivity contribution in [2.75, 3.05) is 0 Å². The fourth-order valence-electron chi connectivity index (χ4n) is 2.09. The average molecular weight is 278 g/mol. The zero-order valence-electron chi connectivity index (χ0n) is 12.2. The minimum Gasteiger partial charge on any atom is -0.458 e. The van der Waals surface area contributed by atoms with E-state index >= 15 is 0 Å². The normalized spacial score (nSPS) is 23.2. The van der Waals surface area contributed by atoms with E-state index in [-0.39, 0.29) is 5.97 Å². The Balaban J connectivity index is 1.76.